The highest BCUT2D eigenvalue weighted by Gasteiger charge is 2.18. The lowest BCUT2D eigenvalue weighted by atomic mass is 10.1. The Morgan fingerprint density at radius 3 is 2.50 bits per heavy atom. The van der Waals surface area contributed by atoms with E-state index in [1.165, 1.54) is 0 Å². The fourth-order valence-corrected chi connectivity index (χ4v) is 2.88. The van der Waals surface area contributed by atoms with Crippen LogP contribution in [-0.2, 0) is 4.74 Å². The predicted molar refractivity (Wildman–Crippen MR) is 99.9 cm³/mol. The van der Waals surface area contributed by atoms with Crippen molar-refractivity contribution in [1.82, 2.24) is 4.90 Å². The first-order chi connectivity index (χ1) is 11.6. The summed E-state index contributed by atoms with van der Waals surface area (Å²) in [5, 5.41) is 0. The van der Waals surface area contributed by atoms with Crippen LogP contribution in [0.2, 0.25) is 0 Å². The maximum absolute atomic E-state index is 12.3. The van der Waals surface area contributed by atoms with Crippen LogP contribution < -0.4 is 4.90 Å². The normalized spacial score (nSPS) is 16.9. The molecule has 0 N–H and O–H groups in total. The second-order valence-electron chi connectivity index (χ2n) is 6.27. The van der Waals surface area contributed by atoms with Gasteiger partial charge in [0.2, 0.25) is 0 Å². The largest absolute Gasteiger partial charge is 0.379 e. The number of benzene rings is 1. The van der Waals surface area contributed by atoms with E-state index in [-0.39, 0.29) is 5.78 Å². The first-order valence-electron chi connectivity index (χ1n) is 8.52. The summed E-state index contributed by atoms with van der Waals surface area (Å²) in [7, 11) is 3.98. The van der Waals surface area contributed by atoms with Crippen LogP contribution in [0.25, 0.3) is 0 Å². The molecule has 0 spiro atoms. The van der Waals surface area contributed by atoms with Gasteiger partial charge >= 0.3 is 0 Å². The molecule has 130 valence electrons. The first kappa shape index (κ1) is 18.4. The van der Waals surface area contributed by atoms with E-state index in [0.717, 1.165) is 50.4 Å². The van der Waals surface area contributed by atoms with Crippen LogP contribution in [0.1, 0.15) is 23.2 Å². The molecule has 4 nitrogen and oxygen atoms in total. The number of ether oxygens (including phenoxy) is 1. The van der Waals surface area contributed by atoms with Gasteiger partial charge in [-0.2, -0.15) is 0 Å². The molecule has 1 aromatic rings. The minimum atomic E-state index is 0.0552. The summed E-state index contributed by atoms with van der Waals surface area (Å²) in [5.41, 5.74) is 1.82. The fraction of sp³-hybridized carbons (Fsp3) is 0.450. The number of ketones is 1. The summed E-state index contributed by atoms with van der Waals surface area (Å²) >= 11 is 0. The number of hydrogen-bond acceptors (Lipinski definition) is 4. The smallest absolute Gasteiger partial charge is 0.185 e. The van der Waals surface area contributed by atoms with Gasteiger partial charge in [-0.1, -0.05) is 12.2 Å². The van der Waals surface area contributed by atoms with E-state index in [0.29, 0.717) is 6.04 Å². The van der Waals surface area contributed by atoms with Gasteiger partial charge in [-0.05, 0) is 43.2 Å². The van der Waals surface area contributed by atoms with E-state index >= 15 is 0 Å². The Balaban J connectivity index is 1.92. The lowest BCUT2D eigenvalue weighted by molar-refractivity contribution is 0.0177. The Labute approximate surface area is 145 Å². The fourth-order valence-electron chi connectivity index (χ4n) is 2.88. The zero-order valence-electron chi connectivity index (χ0n) is 14.8. The van der Waals surface area contributed by atoms with Crippen LogP contribution in [0.4, 0.5) is 5.69 Å². The van der Waals surface area contributed by atoms with Crippen LogP contribution in [-0.4, -0.2) is 57.1 Å². The predicted octanol–water partition coefficient (Wildman–Crippen LogP) is 3.16. The van der Waals surface area contributed by atoms with Gasteiger partial charge in [-0.3, -0.25) is 9.69 Å². The Kier molecular flexibility index (Phi) is 7.22. The molecule has 1 atom stereocenters. The van der Waals surface area contributed by atoms with E-state index in [9.17, 15) is 4.79 Å². The Morgan fingerprint density at radius 1 is 1.25 bits per heavy atom. The zero-order valence-corrected chi connectivity index (χ0v) is 14.8. The third kappa shape index (κ3) is 5.32. The second-order valence-corrected chi connectivity index (χ2v) is 6.27. The topological polar surface area (TPSA) is 32.8 Å². The highest BCUT2D eigenvalue weighted by atomic mass is 16.5. The van der Waals surface area contributed by atoms with E-state index in [4.69, 9.17) is 4.74 Å². The Bertz CT molecular complexity index is 558. The van der Waals surface area contributed by atoms with E-state index in [1.54, 1.807) is 6.08 Å². The average Bonchev–Trinajstić information content (AvgIpc) is 2.61. The maximum atomic E-state index is 12.3. The standard InChI is InChI=1S/C20H28N2O2/c1-4-6-19(22-13-15-24-16-14-22)7-5-8-20(23)17-9-11-18(12-10-17)21(2)3/h4-5,8-12,19H,1,6-7,13-16H2,2-3H3. The molecular weight excluding hydrogens is 300 g/mol. The van der Waals surface area contributed by atoms with Crippen molar-refractivity contribution in [2.75, 3.05) is 45.3 Å². The van der Waals surface area contributed by atoms with Crippen molar-refractivity contribution in [2.45, 2.75) is 18.9 Å². The average molecular weight is 328 g/mol. The van der Waals surface area contributed by atoms with Crippen molar-refractivity contribution in [3.8, 4) is 0 Å². The van der Waals surface area contributed by atoms with Crippen LogP contribution in [0.3, 0.4) is 0 Å². The molecule has 1 unspecified atom stereocenters. The van der Waals surface area contributed by atoms with Gasteiger partial charge in [0, 0.05) is 44.5 Å². The third-order valence-electron chi connectivity index (χ3n) is 4.35. The van der Waals surface area contributed by atoms with E-state index < -0.39 is 0 Å². The van der Waals surface area contributed by atoms with Crippen LogP contribution in [0.5, 0.6) is 0 Å². The molecule has 0 radical (unpaired) electrons. The third-order valence-corrected chi connectivity index (χ3v) is 4.35. The lowest BCUT2D eigenvalue weighted by Gasteiger charge is -2.33. The van der Waals surface area contributed by atoms with Crippen LogP contribution in [0, 0.1) is 0 Å². The summed E-state index contributed by atoms with van der Waals surface area (Å²) < 4.78 is 5.41. The van der Waals surface area contributed by atoms with Crippen molar-refractivity contribution < 1.29 is 9.53 Å². The number of carbonyl (C=O) groups excluding carboxylic acids is 1. The number of anilines is 1. The van der Waals surface area contributed by atoms with Crippen molar-refractivity contribution in [3.63, 3.8) is 0 Å². The summed E-state index contributed by atoms with van der Waals surface area (Å²) in [6, 6.07) is 8.09. The van der Waals surface area contributed by atoms with Gasteiger partial charge in [-0.25, -0.2) is 0 Å². The molecule has 0 amide bonds. The van der Waals surface area contributed by atoms with Gasteiger partial charge in [0.1, 0.15) is 0 Å². The van der Waals surface area contributed by atoms with Gasteiger partial charge in [0.05, 0.1) is 13.2 Å². The molecule has 1 aromatic carbocycles. The SMILES string of the molecule is C=CCC(CC=CC(=O)c1ccc(N(C)C)cc1)N1CCOCC1. The highest BCUT2D eigenvalue weighted by Crippen LogP contribution is 2.15. The number of morpholine rings is 1. The molecule has 2 rings (SSSR count). The van der Waals surface area contributed by atoms with Gasteiger partial charge < -0.3 is 9.64 Å². The minimum absolute atomic E-state index is 0.0552. The number of allylic oxidation sites excluding steroid dienone is 1. The molecule has 0 bridgehead atoms. The van der Waals surface area contributed by atoms with Gasteiger partial charge in [-0.15, -0.1) is 6.58 Å². The lowest BCUT2D eigenvalue weighted by Crippen LogP contribution is -2.43. The first-order valence-corrected chi connectivity index (χ1v) is 8.52. The maximum Gasteiger partial charge on any atom is 0.185 e. The number of nitrogens with zero attached hydrogens (tertiary/aromatic N) is 2. The Morgan fingerprint density at radius 2 is 1.92 bits per heavy atom. The molecule has 1 saturated heterocycles. The molecule has 1 fully saturated rings. The highest BCUT2D eigenvalue weighted by molar-refractivity contribution is 6.04. The number of rotatable bonds is 8. The van der Waals surface area contributed by atoms with Crippen molar-refractivity contribution in [3.05, 3.63) is 54.6 Å². The summed E-state index contributed by atoms with van der Waals surface area (Å²) in [5.74, 6) is 0.0552. The van der Waals surface area contributed by atoms with Gasteiger partial charge in [0.25, 0.3) is 0 Å². The molecule has 0 aromatic heterocycles. The van der Waals surface area contributed by atoms with Crippen LogP contribution >= 0.6 is 0 Å². The van der Waals surface area contributed by atoms with Gasteiger partial charge in [0.15, 0.2) is 5.78 Å². The summed E-state index contributed by atoms with van der Waals surface area (Å²) in [6.07, 6.45) is 7.42. The molecule has 1 heterocycles. The van der Waals surface area contributed by atoms with E-state index in [1.807, 2.05) is 55.4 Å². The monoisotopic (exact) mass is 328 g/mol. The molecule has 0 saturated carbocycles. The molecular formula is C20H28N2O2. The summed E-state index contributed by atoms with van der Waals surface area (Å²) in [4.78, 5) is 16.7. The minimum Gasteiger partial charge on any atom is -0.379 e. The second kappa shape index (κ2) is 9.40. The molecule has 24 heavy (non-hydrogen) atoms. The number of carbonyl (C=O) groups is 1. The Hall–Kier alpha value is -1.91. The zero-order chi connectivity index (χ0) is 17.4. The van der Waals surface area contributed by atoms with E-state index in [2.05, 4.69) is 11.5 Å². The van der Waals surface area contributed by atoms with Crippen molar-refractivity contribution in [1.29, 1.82) is 0 Å². The quantitative estimate of drug-likeness (QED) is 0.417. The summed E-state index contributed by atoms with van der Waals surface area (Å²) in [6.45, 7) is 7.33. The molecule has 4 heteroatoms. The van der Waals surface area contributed by atoms with Crippen LogP contribution in [0.15, 0.2) is 49.1 Å². The molecule has 1 aliphatic heterocycles. The van der Waals surface area contributed by atoms with Crippen molar-refractivity contribution >= 4 is 11.5 Å². The van der Waals surface area contributed by atoms with Crippen molar-refractivity contribution in [2.24, 2.45) is 0 Å². The number of hydrogen-bond donors (Lipinski definition) is 0. The molecule has 0 aliphatic carbocycles. The molecule has 1 aliphatic rings.